The molecule has 0 atom stereocenters. The second-order valence-electron chi connectivity index (χ2n) is 5.91. The van der Waals surface area contributed by atoms with E-state index in [1.165, 1.54) is 6.07 Å². The molecule has 3 N–H and O–H groups in total. The molecule has 0 bridgehead atoms. The average Bonchev–Trinajstić information content (AvgIpc) is 2.61. The Kier molecular flexibility index (Phi) is 7.10. The molecule has 6 nitrogen and oxygen atoms in total. The molecule has 0 aromatic heterocycles. The number of Topliss-reactive ketones (excluding diaryl/α,β-unsaturated/α-hetero) is 1. The lowest BCUT2D eigenvalue weighted by molar-refractivity contribution is -0.384. The molecule has 0 radical (unpaired) electrons. The number of unbranched alkanes of at least 4 members (excludes halogenated alkanes) is 2. The van der Waals surface area contributed by atoms with Gasteiger partial charge in [0.15, 0.2) is 0 Å². The summed E-state index contributed by atoms with van der Waals surface area (Å²) in [5.41, 5.74) is 7.24. The minimum absolute atomic E-state index is 0.0303. The molecule has 0 amide bonds. The van der Waals surface area contributed by atoms with Gasteiger partial charge in [-0.05, 0) is 43.1 Å². The van der Waals surface area contributed by atoms with Crippen molar-refractivity contribution < 1.29 is 9.72 Å². The molecule has 0 aliphatic heterocycles. The van der Waals surface area contributed by atoms with E-state index in [1.54, 1.807) is 12.1 Å². The van der Waals surface area contributed by atoms with Crippen LogP contribution in [0.3, 0.4) is 0 Å². The zero-order valence-corrected chi connectivity index (χ0v) is 14.1. The third-order valence-corrected chi connectivity index (χ3v) is 3.87. The summed E-state index contributed by atoms with van der Waals surface area (Å²) in [7, 11) is 0. The largest absolute Gasteiger partial charge is 0.350 e. The van der Waals surface area contributed by atoms with Gasteiger partial charge in [-0.3, -0.25) is 14.9 Å². The Morgan fingerprint density at radius 2 is 1.84 bits per heavy atom. The fraction of sp³-hybridized carbons (Fsp3) is 0.316. The van der Waals surface area contributed by atoms with Gasteiger partial charge in [0.25, 0.3) is 5.69 Å². The van der Waals surface area contributed by atoms with E-state index in [-0.39, 0.29) is 17.9 Å². The number of carbonyl (C=O) groups excluding carboxylic acids is 1. The van der Waals surface area contributed by atoms with Crippen molar-refractivity contribution in [2.24, 2.45) is 5.73 Å². The van der Waals surface area contributed by atoms with Crippen LogP contribution in [0.2, 0.25) is 0 Å². The number of nitro benzene ring substituents is 1. The molecule has 6 heteroatoms. The van der Waals surface area contributed by atoms with E-state index in [0.29, 0.717) is 24.2 Å². The molecule has 25 heavy (non-hydrogen) atoms. The highest BCUT2D eigenvalue weighted by Crippen LogP contribution is 2.29. The number of nitrogens with one attached hydrogen (secondary N) is 1. The summed E-state index contributed by atoms with van der Waals surface area (Å²) in [4.78, 5) is 22.9. The van der Waals surface area contributed by atoms with Crippen LogP contribution in [0, 0.1) is 10.1 Å². The Bertz CT molecular complexity index is 717. The molecule has 0 spiro atoms. The van der Waals surface area contributed by atoms with Crippen LogP contribution in [-0.2, 0) is 11.2 Å². The van der Waals surface area contributed by atoms with E-state index in [0.717, 1.165) is 24.9 Å². The van der Waals surface area contributed by atoms with E-state index in [9.17, 15) is 14.9 Å². The maximum atomic E-state index is 12.0. The smallest absolute Gasteiger partial charge is 0.292 e. The van der Waals surface area contributed by atoms with Gasteiger partial charge in [0, 0.05) is 24.6 Å². The van der Waals surface area contributed by atoms with Crippen LogP contribution in [0.1, 0.15) is 31.2 Å². The van der Waals surface area contributed by atoms with Gasteiger partial charge < -0.3 is 11.1 Å². The van der Waals surface area contributed by atoms with E-state index < -0.39 is 4.92 Å². The van der Waals surface area contributed by atoms with Crippen molar-refractivity contribution in [3.05, 3.63) is 64.2 Å². The molecular formula is C19H23N3O3. The highest BCUT2D eigenvalue weighted by molar-refractivity contribution is 5.81. The fourth-order valence-electron chi connectivity index (χ4n) is 2.58. The molecule has 0 saturated carbocycles. The number of ketones is 1. The Balaban J connectivity index is 2.05. The Morgan fingerprint density at radius 1 is 1.08 bits per heavy atom. The third kappa shape index (κ3) is 6.00. The summed E-state index contributed by atoms with van der Waals surface area (Å²) in [5, 5.41) is 14.4. The lowest BCUT2D eigenvalue weighted by Crippen LogP contribution is -2.05. The summed E-state index contributed by atoms with van der Waals surface area (Å²) >= 11 is 0. The maximum Gasteiger partial charge on any atom is 0.292 e. The predicted molar refractivity (Wildman–Crippen MR) is 99.1 cm³/mol. The van der Waals surface area contributed by atoms with Crippen molar-refractivity contribution in [1.29, 1.82) is 0 Å². The molecule has 132 valence electrons. The van der Waals surface area contributed by atoms with Crippen molar-refractivity contribution in [3.63, 3.8) is 0 Å². The van der Waals surface area contributed by atoms with E-state index in [2.05, 4.69) is 5.32 Å². The number of rotatable bonds is 10. The number of benzene rings is 2. The van der Waals surface area contributed by atoms with Crippen molar-refractivity contribution >= 4 is 22.8 Å². The topological polar surface area (TPSA) is 98.3 Å². The van der Waals surface area contributed by atoms with Crippen molar-refractivity contribution in [1.82, 2.24) is 0 Å². The third-order valence-electron chi connectivity index (χ3n) is 3.87. The first kappa shape index (κ1) is 18.6. The second-order valence-corrected chi connectivity index (χ2v) is 5.91. The monoisotopic (exact) mass is 341 g/mol. The van der Waals surface area contributed by atoms with Gasteiger partial charge >= 0.3 is 0 Å². The zero-order chi connectivity index (χ0) is 18.1. The van der Waals surface area contributed by atoms with Crippen molar-refractivity contribution in [2.45, 2.75) is 32.1 Å². The summed E-state index contributed by atoms with van der Waals surface area (Å²) in [5.74, 6) is 0.0927. The van der Waals surface area contributed by atoms with Crippen molar-refractivity contribution in [3.8, 4) is 0 Å². The fourth-order valence-corrected chi connectivity index (χ4v) is 2.58. The molecule has 2 rings (SSSR count). The molecule has 0 aliphatic carbocycles. The number of carbonyl (C=O) groups is 1. The highest BCUT2D eigenvalue weighted by Gasteiger charge is 2.16. The van der Waals surface area contributed by atoms with Crippen molar-refractivity contribution in [2.75, 3.05) is 11.9 Å². The number of anilines is 2. The molecule has 0 unspecified atom stereocenters. The summed E-state index contributed by atoms with van der Waals surface area (Å²) in [6, 6.07) is 14.1. The number of hydrogen-bond acceptors (Lipinski definition) is 5. The van der Waals surface area contributed by atoms with E-state index in [4.69, 9.17) is 5.73 Å². The van der Waals surface area contributed by atoms with Crippen LogP contribution in [0.5, 0.6) is 0 Å². The average molecular weight is 341 g/mol. The number of nitro groups is 1. The first-order chi connectivity index (χ1) is 12.1. The van der Waals surface area contributed by atoms with Gasteiger partial charge in [0.1, 0.15) is 11.5 Å². The van der Waals surface area contributed by atoms with E-state index in [1.807, 2.05) is 30.3 Å². The van der Waals surface area contributed by atoms with Crippen LogP contribution < -0.4 is 11.1 Å². The van der Waals surface area contributed by atoms with Gasteiger partial charge in [-0.1, -0.05) is 30.7 Å². The van der Waals surface area contributed by atoms with Crippen LogP contribution in [0.4, 0.5) is 17.1 Å². The zero-order valence-electron chi connectivity index (χ0n) is 14.1. The summed E-state index contributed by atoms with van der Waals surface area (Å²) < 4.78 is 0. The van der Waals surface area contributed by atoms with Gasteiger partial charge in [0.2, 0.25) is 0 Å². The van der Waals surface area contributed by atoms with Crippen LogP contribution in [-0.4, -0.2) is 17.3 Å². The molecule has 0 fully saturated rings. The minimum atomic E-state index is -0.430. The summed E-state index contributed by atoms with van der Waals surface area (Å²) in [6.07, 6.45) is 3.36. The van der Waals surface area contributed by atoms with E-state index >= 15 is 0 Å². The maximum absolute atomic E-state index is 12.0. The molecule has 0 saturated heterocycles. The number of nitrogens with two attached hydrogens (primary N) is 1. The van der Waals surface area contributed by atoms with Crippen LogP contribution in [0.15, 0.2) is 48.5 Å². The standard InChI is InChI=1S/C19H23N3O3/c20-12-6-2-5-9-17(23)13-15-10-11-18(19(14-15)22(24)25)21-16-7-3-1-4-8-16/h1,3-4,7-8,10-11,14,21H,2,5-6,9,12-13,20H2. The molecule has 0 aliphatic rings. The highest BCUT2D eigenvalue weighted by atomic mass is 16.6. The number of para-hydroxylation sites is 1. The molecule has 2 aromatic rings. The van der Waals surface area contributed by atoms with Gasteiger partial charge in [-0.2, -0.15) is 0 Å². The Labute approximate surface area is 147 Å². The molecule has 2 aromatic carbocycles. The Hall–Kier alpha value is -2.73. The van der Waals surface area contributed by atoms with Gasteiger partial charge in [0.05, 0.1) is 4.92 Å². The molecule has 0 heterocycles. The quantitative estimate of drug-likeness (QED) is 0.387. The normalized spacial score (nSPS) is 10.4. The van der Waals surface area contributed by atoms with Crippen LogP contribution in [0.25, 0.3) is 0 Å². The predicted octanol–water partition coefficient (Wildman–Crippen LogP) is 3.97. The lowest BCUT2D eigenvalue weighted by Gasteiger charge is -2.09. The second kappa shape index (κ2) is 9.54. The first-order valence-electron chi connectivity index (χ1n) is 8.41. The Morgan fingerprint density at radius 3 is 2.52 bits per heavy atom. The number of hydrogen-bond donors (Lipinski definition) is 2. The minimum Gasteiger partial charge on any atom is -0.350 e. The van der Waals surface area contributed by atoms with Crippen LogP contribution >= 0.6 is 0 Å². The SMILES string of the molecule is NCCCCCC(=O)Cc1ccc(Nc2ccccc2)c([N+](=O)[O-])c1. The number of nitrogens with zero attached hydrogens (tertiary/aromatic N) is 1. The summed E-state index contributed by atoms with van der Waals surface area (Å²) in [6.45, 7) is 0.635. The molecular weight excluding hydrogens is 318 g/mol. The van der Waals surface area contributed by atoms with Gasteiger partial charge in [-0.15, -0.1) is 0 Å². The van der Waals surface area contributed by atoms with Gasteiger partial charge in [-0.25, -0.2) is 0 Å². The first-order valence-corrected chi connectivity index (χ1v) is 8.41. The lowest BCUT2D eigenvalue weighted by atomic mass is 10.0.